The summed E-state index contributed by atoms with van der Waals surface area (Å²) >= 11 is 0. The van der Waals surface area contributed by atoms with Gasteiger partial charge in [-0.05, 0) is 37.7 Å². The fourth-order valence-electron chi connectivity index (χ4n) is 4.17. The van der Waals surface area contributed by atoms with Crippen molar-refractivity contribution in [1.82, 2.24) is 14.9 Å². The summed E-state index contributed by atoms with van der Waals surface area (Å²) in [6.07, 6.45) is 9.39. The van der Waals surface area contributed by atoms with E-state index in [1.54, 1.807) is 0 Å². The van der Waals surface area contributed by atoms with E-state index < -0.39 is 0 Å². The summed E-state index contributed by atoms with van der Waals surface area (Å²) in [6, 6.07) is 0. The Morgan fingerprint density at radius 1 is 1.08 bits per heavy atom. The fraction of sp³-hybridized carbons (Fsp3) is 0.737. The van der Waals surface area contributed by atoms with E-state index >= 15 is 0 Å². The molecule has 0 radical (unpaired) electrons. The zero-order valence-electron chi connectivity index (χ0n) is 15.0. The second kappa shape index (κ2) is 7.68. The zero-order chi connectivity index (χ0) is 17.1. The maximum Gasteiger partial charge on any atom is 0.226 e. The molecule has 3 aliphatic rings. The van der Waals surface area contributed by atoms with Crippen molar-refractivity contribution in [1.29, 1.82) is 0 Å². The largest absolute Gasteiger partial charge is 0.378 e. The zero-order valence-corrected chi connectivity index (χ0v) is 15.0. The second-order valence-electron chi connectivity index (χ2n) is 7.42. The first-order chi connectivity index (χ1) is 12.3. The van der Waals surface area contributed by atoms with Gasteiger partial charge in [0, 0.05) is 44.0 Å². The van der Waals surface area contributed by atoms with Gasteiger partial charge in [0.1, 0.15) is 0 Å². The van der Waals surface area contributed by atoms with E-state index in [1.165, 1.54) is 12.8 Å². The normalized spacial score (nSPS) is 24.6. The van der Waals surface area contributed by atoms with E-state index in [1.807, 2.05) is 6.20 Å². The molecule has 2 fully saturated rings. The summed E-state index contributed by atoms with van der Waals surface area (Å²) in [5, 5.41) is 0. The van der Waals surface area contributed by atoms with Crippen LogP contribution in [-0.4, -0.2) is 60.2 Å². The molecule has 0 unspecified atom stereocenters. The molecule has 136 valence electrons. The lowest BCUT2D eigenvalue weighted by molar-refractivity contribution is -0.135. The first-order valence-corrected chi connectivity index (χ1v) is 9.77. The molecule has 6 heteroatoms. The van der Waals surface area contributed by atoms with E-state index in [-0.39, 0.29) is 5.92 Å². The van der Waals surface area contributed by atoms with Crippen LogP contribution in [-0.2, 0) is 22.4 Å². The highest BCUT2D eigenvalue weighted by atomic mass is 16.5. The Labute approximate surface area is 149 Å². The van der Waals surface area contributed by atoms with Crippen molar-refractivity contribution in [2.75, 3.05) is 44.3 Å². The minimum Gasteiger partial charge on any atom is -0.378 e. The number of carbonyl (C=O) groups is 1. The molecule has 1 aliphatic carbocycles. The average molecular weight is 344 g/mol. The van der Waals surface area contributed by atoms with Crippen LogP contribution in [0, 0.1) is 5.92 Å². The number of hydrogen-bond acceptors (Lipinski definition) is 5. The van der Waals surface area contributed by atoms with E-state index in [0.717, 1.165) is 88.7 Å². The standard InChI is InChI=1S/C19H28N4O2/c24-18(22-7-3-1-2-4-8-22)15-5-6-17-16(13-15)14-20-19(21-17)23-9-11-25-12-10-23/h14-15H,1-13H2/t15-/m0/s1. The number of ether oxygens (including phenoxy) is 1. The summed E-state index contributed by atoms with van der Waals surface area (Å²) in [5.41, 5.74) is 2.30. The summed E-state index contributed by atoms with van der Waals surface area (Å²) in [5.74, 6) is 1.28. The number of hydrogen-bond donors (Lipinski definition) is 0. The molecule has 4 rings (SSSR count). The first-order valence-electron chi connectivity index (χ1n) is 9.77. The van der Waals surface area contributed by atoms with Gasteiger partial charge in [-0.1, -0.05) is 12.8 Å². The van der Waals surface area contributed by atoms with Crippen LogP contribution in [0.3, 0.4) is 0 Å². The molecule has 25 heavy (non-hydrogen) atoms. The van der Waals surface area contributed by atoms with Gasteiger partial charge in [0.25, 0.3) is 0 Å². The van der Waals surface area contributed by atoms with Crippen molar-refractivity contribution in [3.05, 3.63) is 17.5 Å². The summed E-state index contributed by atoms with van der Waals surface area (Å²) in [6.45, 7) is 5.08. The molecule has 1 aromatic heterocycles. The second-order valence-corrected chi connectivity index (χ2v) is 7.42. The Bertz CT molecular complexity index is 607. The SMILES string of the molecule is O=C([C@H]1CCc2nc(N3CCOCC3)ncc2C1)N1CCCCCC1. The van der Waals surface area contributed by atoms with Gasteiger partial charge in [-0.3, -0.25) is 4.79 Å². The molecule has 2 saturated heterocycles. The minimum atomic E-state index is 0.114. The highest BCUT2D eigenvalue weighted by molar-refractivity contribution is 5.79. The third kappa shape index (κ3) is 3.78. The minimum absolute atomic E-state index is 0.114. The monoisotopic (exact) mass is 344 g/mol. The Morgan fingerprint density at radius 2 is 1.84 bits per heavy atom. The maximum atomic E-state index is 12.9. The Kier molecular flexibility index (Phi) is 5.15. The van der Waals surface area contributed by atoms with Crippen LogP contribution in [0.5, 0.6) is 0 Å². The van der Waals surface area contributed by atoms with Gasteiger partial charge in [0.05, 0.1) is 13.2 Å². The van der Waals surface area contributed by atoms with E-state index in [0.29, 0.717) is 5.91 Å². The smallest absolute Gasteiger partial charge is 0.226 e. The summed E-state index contributed by atoms with van der Waals surface area (Å²) in [4.78, 5) is 26.6. The molecule has 0 saturated carbocycles. The van der Waals surface area contributed by atoms with E-state index in [9.17, 15) is 4.79 Å². The lowest BCUT2D eigenvalue weighted by atomic mass is 9.86. The van der Waals surface area contributed by atoms with Crippen LogP contribution in [0.1, 0.15) is 43.4 Å². The van der Waals surface area contributed by atoms with Crippen LogP contribution in [0.2, 0.25) is 0 Å². The Morgan fingerprint density at radius 3 is 2.60 bits per heavy atom. The predicted molar refractivity (Wildman–Crippen MR) is 95.6 cm³/mol. The van der Waals surface area contributed by atoms with Crippen molar-refractivity contribution in [2.24, 2.45) is 5.92 Å². The third-order valence-corrected chi connectivity index (χ3v) is 5.70. The molecule has 0 N–H and O–H groups in total. The van der Waals surface area contributed by atoms with Crippen molar-refractivity contribution < 1.29 is 9.53 Å². The number of morpholine rings is 1. The van der Waals surface area contributed by atoms with Crippen LogP contribution < -0.4 is 4.90 Å². The first kappa shape index (κ1) is 16.8. The average Bonchev–Trinajstić information content (AvgIpc) is 2.97. The van der Waals surface area contributed by atoms with Crippen molar-refractivity contribution >= 4 is 11.9 Å². The molecule has 1 aromatic rings. The molecule has 2 aliphatic heterocycles. The van der Waals surface area contributed by atoms with Crippen molar-refractivity contribution in [2.45, 2.75) is 44.9 Å². The number of likely N-dealkylation sites (tertiary alicyclic amines) is 1. The van der Waals surface area contributed by atoms with Gasteiger partial charge in [-0.2, -0.15) is 0 Å². The molecule has 3 heterocycles. The van der Waals surface area contributed by atoms with Gasteiger partial charge in [-0.25, -0.2) is 9.97 Å². The van der Waals surface area contributed by atoms with Crippen LogP contribution in [0.15, 0.2) is 6.20 Å². The topological polar surface area (TPSA) is 58.6 Å². The number of aromatic nitrogens is 2. The van der Waals surface area contributed by atoms with Crippen molar-refractivity contribution in [3.63, 3.8) is 0 Å². The van der Waals surface area contributed by atoms with Gasteiger partial charge in [0.15, 0.2) is 0 Å². The molecule has 0 bridgehead atoms. The van der Waals surface area contributed by atoms with Crippen LogP contribution in [0.25, 0.3) is 0 Å². The third-order valence-electron chi connectivity index (χ3n) is 5.70. The lowest BCUT2D eigenvalue weighted by Gasteiger charge is -2.30. The maximum absolute atomic E-state index is 12.9. The Hall–Kier alpha value is -1.69. The van der Waals surface area contributed by atoms with E-state index in [4.69, 9.17) is 9.72 Å². The molecule has 1 atom stereocenters. The number of aryl methyl sites for hydroxylation is 1. The molecule has 0 spiro atoms. The Balaban J connectivity index is 1.43. The molecular weight excluding hydrogens is 316 g/mol. The van der Waals surface area contributed by atoms with Crippen LogP contribution in [0.4, 0.5) is 5.95 Å². The van der Waals surface area contributed by atoms with Gasteiger partial charge >= 0.3 is 0 Å². The number of nitrogens with zero attached hydrogens (tertiary/aromatic N) is 4. The number of amides is 1. The predicted octanol–water partition coefficient (Wildman–Crippen LogP) is 1.82. The van der Waals surface area contributed by atoms with Gasteiger partial charge in [-0.15, -0.1) is 0 Å². The number of rotatable bonds is 2. The van der Waals surface area contributed by atoms with E-state index in [2.05, 4.69) is 14.8 Å². The highest BCUT2D eigenvalue weighted by Gasteiger charge is 2.30. The van der Waals surface area contributed by atoms with Gasteiger partial charge < -0.3 is 14.5 Å². The lowest BCUT2D eigenvalue weighted by Crippen LogP contribution is -2.40. The fourth-order valence-corrected chi connectivity index (χ4v) is 4.17. The van der Waals surface area contributed by atoms with Gasteiger partial charge in [0.2, 0.25) is 11.9 Å². The molecule has 6 nitrogen and oxygen atoms in total. The van der Waals surface area contributed by atoms with Crippen LogP contribution >= 0.6 is 0 Å². The summed E-state index contributed by atoms with van der Waals surface area (Å²) in [7, 11) is 0. The molecule has 1 amide bonds. The number of anilines is 1. The molecular formula is C19H28N4O2. The highest BCUT2D eigenvalue weighted by Crippen LogP contribution is 2.27. The van der Waals surface area contributed by atoms with Crippen molar-refractivity contribution in [3.8, 4) is 0 Å². The molecule has 0 aromatic carbocycles. The summed E-state index contributed by atoms with van der Waals surface area (Å²) < 4.78 is 5.40. The number of carbonyl (C=O) groups excluding carboxylic acids is 1. The quantitative estimate of drug-likeness (QED) is 0.819. The number of fused-ring (bicyclic) bond motifs is 1.